The van der Waals surface area contributed by atoms with Crippen LogP contribution in [0, 0.1) is 0 Å². The van der Waals surface area contributed by atoms with Crippen LogP contribution in [-0.2, 0) is 5.41 Å². The van der Waals surface area contributed by atoms with Crippen LogP contribution in [0.15, 0.2) is 199 Å². The Hall–Kier alpha value is -6.16. The molecule has 0 spiro atoms. The molecule has 2 nitrogen and oxygen atoms in total. The molecule has 0 unspecified atom stereocenters. The van der Waals surface area contributed by atoms with E-state index >= 15 is 0 Å². The third-order valence-electron chi connectivity index (χ3n) is 10.8. The van der Waals surface area contributed by atoms with E-state index in [0.717, 1.165) is 32.9 Å². The van der Waals surface area contributed by atoms with E-state index in [0.29, 0.717) is 0 Å². The van der Waals surface area contributed by atoms with Crippen molar-refractivity contribution in [2.75, 3.05) is 10.2 Å². The monoisotopic (exact) mass is 758 g/mol. The summed E-state index contributed by atoms with van der Waals surface area (Å²) < 4.78 is 1.09. The maximum Gasteiger partial charge on any atom is 0.0465 e. The third kappa shape index (κ3) is 6.42. The molecule has 8 aromatic rings. The zero-order chi connectivity index (χ0) is 36.6. The lowest BCUT2D eigenvalue weighted by atomic mass is 9.82. The Morgan fingerprint density at radius 2 is 0.796 bits per heavy atom. The molecular formula is C51H39BrN2. The van der Waals surface area contributed by atoms with E-state index < -0.39 is 0 Å². The van der Waals surface area contributed by atoms with Gasteiger partial charge in [-0.3, -0.25) is 0 Å². The van der Waals surface area contributed by atoms with E-state index in [2.05, 4.69) is 234 Å². The van der Waals surface area contributed by atoms with Crippen molar-refractivity contribution in [1.82, 2.24) is 0 Å². The van der Waals surface area contributed by atoms with E-state index in [4.69, 9.17) is 0 Å². The van der Waals surface area contributed by atoms with Gasteiger partial charge in [0.1, 0.15) is 0 Å². The Morgan fingerprint density at radius 1 is 0.389 bits per heavy atom. The summed E-state index contributed by atoms with van der Waals surface area (Å²) in [6, 6.07) is 69.9. The Morgan fingerprint density at radius 3 is 1.33 bits per heavy atom. The first kappa shape index (κ1) is 33.7. The van der Waals surface area contributed by atoms with Gasteiger partial charge in [-0.15, -0.1) is 0 Å². The summed E-state index contributed by atoms with van der Waals surface area (Å²) in [7, 11) is 0. The third-order valence-corrected chi connectivity index (χ3v) is 11.3. The van der Waals surface area contributed by atoms with Crippen LogP contribution in [0.25, 0.3) is 44.5 Å². The molecule has 8 aromatic carbocycles. The van der Waals surface area contributed by atoms with E-state index in [9.17, 15) is 0 Å². The molecule has 1 aliphatic carbocycles. The minimum absolute atomic E-state index is 0.0842. The van der Waals surface area contributed by atoms with Crippen molar-refractivity contribution in [2.24, 2.45) is 0 Å². The summed E-state index contributed by atoms with van der Waals surface area (Å²) in [4.78, 5) is 2.38. The lowest BCUT2D eigenvalue weighted by molar-refractivity contribution is 0.660. The molecule has 0 radical (unpaired) electrons. The number of rotatable bonds is 8. The topological polar surface area (TPSA) is 15.3 Å². The van der Waals surface area contributed by atoms with Crippen LogP contribution in [0.3, 0.4) is 0 Å². The number of benzene rings is 8. The molecule has 0 saturated heterocycles. The number of nitrogens with one attached hydrogen (secondary N) is 1. The number of hydrogen-bond acceptors (Lipinski definition) is 2. The molecule has 0 bridgehead atoms. The molecule has 0 saturated carbocycles. The quantitative estimate of drug-likeness (QED) is 0.166. The van der Waals surface area contributed by atoms with Crippen molar-refractivity contribution in [3.05, 3.63) is 210 Å². The molecule has 260 valence electrons. The molecule has 3 heteroatoms. The second-order valence-electron chi connectivity index (χ2n) is 14.5. The van der Waals surface area contributed by atoms with Crippen molar-refractivity contribution < 1.29 is 0 Å². The van der Waals surface area contributed by atoms with Gasteiger partial charge in [-0.2, -0.15) is 0 Å². The van der Waals surface area contributed by atoms with Crippen molar-refractivity contribution >= 4 is 44.4 Å². The molecule has 1 aliphatic rings. The number of anilines is 5. The van der Waals surface area contributed by atoms with Gasteiger partial charge in [0, 0.05) is 38.3 Å². The lowest BCUT2D eigenvalue weighted by Gasteiger charge is -2.28. The van der Waals surface area contributed by atoms with Gasteiger partial charge in [0.15, 0.2) is 0 Å². The van der Waals surface area contributed by atoms with E-state index in [-0.39, 0.29) is 5.41 Å². The summed E-state index contributed by atoms with van der Waals surface area (Å²) in [6.45, 7) is 4.69. The summed E-state index contributed by atoms with van der Waals surface area (Å²) in [5.41, 5.74) is 18.0. The van der Waals surface area contributed by atoms with Crippen LogP contribution in [0.2, 0.25) is 0 Å². The highest BCUT2D eigenvalue weighted by Crippen LogP contribution is 2.50. The summed E-state index contributed by atoms with van der Waals surface area (Å²) in [5.74, 6) is 0. The van der Waals surface area contributed by atoms with Crippen LogP contribution in [0.1, 0.15) is 25.0 Å². The standard InChI is InChI=1S/C51H39BrN2/c1-51(2)49-11-7-6-10-47(49)48-33-32-46(34-50(48)51)54(44-28-18-39(19-29-44)35-8-4-3-5-9-35)45-30-20-40(21-31-45)38-16-26-43(27-17-38)53-42-24-14-37(15-25-42)36-12-22-41(52)23-13-36/h3-34,53H,1-2H3. The first-order valence-corrected chi connectivity index (χ1v) is 19.2. The van der Waals surface area contributed by atoms with Gasteiger partial charge >= 0.3 is 0 Å². The fourth-order valence-electron chi connectivity index (χ4n) is 7.82. The second-order valence-corrected chi connectivity index (χ2v) is 15.4. The number of fused-ring (bicyclic) bond motifs is 3. The van der Waals surface area contributed by atoms with Crippen LogP contribution >= 0.6 is 15.9 Å². The molecular weight excluding hydrogens is 720 g/mol. The van der Waals surface area contributed by atoms with Gasteiger partial charge in [0.05, 0.1) is 0 Å². The number of halogens is 1. The molecule has 0 heterocycles. The van der Waals surface area contributed by atoms with Crippen molar-refractivity contribution in [2.45, 2.75) is 19.3 Å². The number of hydrogen-bond donors (Lipinski definition) is 1. The van der Waals surface area contributed by atoms with Crippen LogP contribution < -0.4 is 10.2 Å². The highest BCUT2D eigenvalue weighted by Gasteiger charge is 2.35. The van der Waals surface area contributed by atoms with E-state index in [1.807, 2.05) is 0 Å². The molecule has 0 amide bonds. The predicted octanol–water partition coefficient (Wildman–Crippen LogP) is 15.0. The van der Waals surface area contributed by atoms with Crippen LogP contribution in [0.5, 0.6) is 0 Å². The lowest BCUT2D eigenvalue weighted by Crippen LogP contribution is -2.16. The van der Waals surface area contributed by atoms with E-state index in [1.165, 1.54) is 55.6 Å². The van der Waals surface area contributed by atoms with Crippen LogP contribution in [-0.4, -0.2) is 0 Å². The first-order valence-electron chi connectivity index (χ1n) is 18.4. The normalized spacial score (nSPS) is 12.5. The van der Waals surface area contributed by atoms with Gasteiger partial charge in [0.2, 0.25) is 0 Å². The fraction of sp³-hybridized carbons (Fsp3) is 0.0588. The largest absolute Gasteiger partial charge is 0.356 e. The average Bonchev–Trinajstić information content (AvgIpc) is 3.45. The van der Waals surface area contributed by atoms with E-state index in [1.54, 1.807) is 0 Å². The zero-order valence-electron chi connectivity index (χ0n) is 30.3. The van der Waals surface area contributed by atoms with Gasteiger partial charge < -0.3 is 10.2 Å². The summed E-state index contributed by atoms with van der Waals surface area (Å²) >= 11 is 3.52. The molecule has 0 aromatic heterocycles. The maximum absolute atomic E-state index is 3.56. The highest BCUT2D eigenvalue weighted by atomic mass is 79.9. The zero-order valence-corrected chi connectivity index (χ0v) is 31.9. The first-order chi connectivity index (χ1) is 26.4. The minimum Gasteiger partial charge on any atom is -0.356 e. The maximum atomic E-state index is 3.56. The molecule has 0 fully saturated rings. The average molecular weight is 760 g/mol. The Balaban J connectivity index is 0.997. The van der Waals surface area contributed by atoms with Gasteiger partial charge in [-0.25, -0.2) is 0 Å². The Bertz CT molecular complexity index is 2550. The number of nitrogens with zero attached hydrogens (tertiary/aromatic N) is 1. The summed E-state index contributed by atoms with van der Waals surface area (Å²) in [6.07, 6.45) is 0. The fourth-order valence-corrected chi connectivity index (χ4v) is 8.08. The Labute approximate surface area is 326 Å². The molecule has 1 N–H and O–H groups in total. The second kappa shape index (κ2) is 14.0. The van der Waals surface area contributed by atoms with Gasteiger partial charge in [0.25, 0.3) is 0 Å². The molecule has 0 atom stereocenters. The summed E-state index contributed by atoms with van der Waals surface area (Å²) in [5, 5.41) is 3.56. The minimum atomic E-state index is -0.0842. The molecule has 9 rings (SSSR count). The van der Waals surface area contributed by atoms with Crippen molar-refractivity contribution in [1.29, 1.82) is 0 Å². The molecule has 54 heavy (non-hydrogen) atoms. The molecule has 0 aliphatic heterocycles. The predicted molar refractivity (Wildman–Crippen MR) is 232 cm³/mol. The van der Waals surface area contributed by atoms with Gasteiger partial charge in [-0.1, -0.05) is 151 Å². The van der Waals surface area contributed by atoms with Crippen molar-refractivity contribution in [3.8, 4) is 44.5 Å². The Kier molecular flexibility index (Phi) is 8.73. The van der Waals surface area contributed by atoms with Crippen LogP contribution in [0.4, 0.5) is 28.4 Å². The highest BCUT2D eigenvalue weighted by molar-refractivity contribution is 9.10. The smallest absolute Gasteiger partial charge is 0.0465 e. The van der Waals surface area contributed by atoms with Gasteiger partial charge in [-0.05, 0) is 128 Å². The SMILES string of the molecule is CC1(C)c2ccccc2-c2ccc(N(c3ccc(-c4ccccc4)cc3)c3ccc(-c4ccc(Nc5ccc(-c6ccc(Br)cc6)cc5)cc4)cc3)cc21. The van der Waals surface area contributed by atoms with Crippen molar-refractivity contribution in [3.63, 3.8) is 0 Å².